The van der Waals surface area contributed by atoms with Crippen LogP contribution in [0.5, 0.6) is 0 Å². The second-order valence-electron chi connectivity index (χ2n) is 1.69. The standard InChI is InChI=1S/C4H5FO5S/c1-8-4(6)2-3(5)10-11(7)9-2/h2-3H,1H3. The molecule has 0 aliphatic carbocycles. The number of hydrogen-bond acceptors (Lipinski definition) is 5. The Hall–Kier alpha value is -0.530. The molecule has 11 heavy (non-hydrogen) atoms. The van der Waals surface area contributed by atoms with E-state index in [1.54, 1.807) is 0 Å². The summed E-state index contributed by atoms with van der Waals surface area (Å²) in [7, 11) is 1.07. The Bertz CT molecular complexity index is 195. The van der Waals surface area contributed by atoms with E-state index in [1.807, 2.05) is 0 Å². The number of halogens is 1. The van der Waals surface area contributed by atoms with Crippen LogP contribution in [-0.2, 0) is 29.3 Å². The number of alkyl halides is 1. The van der Waals surface area contributed by atoms with Crippen LogP contribution in [0.2, 0.25) is 0 Å². The summed E-state index contributed by atoms with van der Waals surface area (Å²) in [5, 5.41) is 0. The zero-order valence-corrected chi connectivity index (χ0v) is 6.30. The molecule has 1 rings (SSSR count). The summed E-state index contributed by atoms with van der Waals surface area (Å²) in [4.78, 5) is 10.6. The van der Waals surface area contributed by atoms with Crippen molar-refractivity contribution in [1.82, 2.24) is 0 Å². The first kappa shape index (κ1) is 8.57. The van der Waals surface area contributed by atoms with Crippen molar-refractivity contribution >= 4 is 17.3 Å². The Morgan fingerprint density at radius 2 is 2.27 bits per heavy atom. The van der Waals surface area contributed by atoms with Crippen LogP contribution < -0.4 is 0 Å². The largest absolute Gasteiger partial charge is 0.467 e. The second-order valence-corrected chi connectivity index (χ2v) is 2.48. The van der Waals surface area contributed by atoms with Gasteiger partial charge in [0.2, 0.25) is 6.10 Å². The molecule has 3 unspecified atom stereocenters. The molecule has 0 aromatic heterocycles. The molecule has 1 aliphatic rings. The zero-order chi connectivity index (χ0) is 8.43. The first-order valence-electron chi connectivity index (χ1n) is 2.63. The van der Waals surface area contributed by atoms with E-state index in [2.05, 4.69) is 13.1 Å². The van der Waals surface area contributed by atoms with Crippen molar-refractivity contribution in [3.8, 4) is 0 Å². The van der Waals surface area contributed by atoms with E-state index < -0.39 is 29.8 Å². The topological polar surface area (TPSA) is 61.8 Å². The summed E-state index contributed by atoms with van der Waals surface area (Å²) < 4.78 is 35.1. The second kappa shape index (κ2) is 3.24. The number of rotatable bonds is 1. The van der Waals surface area contributed by atoms with Gasteiger partial charge in [-0.15, -0.1) is 0 Å². The van der Waals surface area contributed by atoms with Gasteiger partial charge in [0, 0.05) is 0 Å². The number of methoxy groups -OCH3 is 1. The minimum Gasteiger partial charge on any atom is -0.467 e. The Morgan fingerprint density at radius 1 is 1.64 bits per heavy atom. The molecule has 0 aromatic carbocycles. The third-order valence-corrected chi connectivity index (χ3v) is 1.73. The monoisotopic (exact) mass is 184 g/mol. The number of carbonyl (C=O) groups is 1. The van der Waals surface area contributed by atoms with E-state index in [1.165, 1.54) is 0 Å². The molecule has 0 N–H and O–H groups in total. The smallest absolute Gasteiger partial charge is 0.342 e. The van der Waals surface area contributed by atoms with Crippen LogP contribution in [-0.4, -0.2) is 29.7 Å². The summed E-state index contributed by atoms with van der Waals surface area (Å²) in [6, 6.07) is 0. The molecule has 0 saturated carbocycles. The third-order valence-electron chi connectivity index (χ3n) is 1.02. The normalized spacial score (nSPS) is 37.1. The third kappa shape index (κ3) is 1.73. The van der Waals surface area contributed by atoms with Crippen LogP contribution >= 0.6 is 0 Å². The molecule has 1 saturated heterocycles. The summed E-state index contributed by atoms with van der Waals surface area (Å²) in [6.07, 6.45) is -3.54. The van der Waals surface area contributed by atoms with Gasteiger partial charge >= 0.3 is 17.3 Å². The summed E-state index contributed by atoms with van der Waals surface area (Å²) in [6.45, 7) is 0. The molecule has 1 aliphatic heterocycles. The molecule has 0 spiro atoms. The molecule has 0 aromatic rings. The van der Waals surface area contributed by atoms with E-state index in [0.29, 0.717) is 0 Å². The summed E-state index contributed by atoms with van der Waals surface area (Å²) in [5.74, 6) is -0.941. The van der Waals surface area contributed by atoms with Crippen molar-refractivity contribution < 1.29 is 26.5 Å². The fourth-order valence-corrected chi connectivity index (χ4v) is 1.17. The van der Waals surface area contributed by atoms with Crippen molar-refractivity contribution in [1.29, 1.82) is 0 Å². The SMILES string of the molecule is COC(=O)C1OS(=O)OC1F. The maximum atomic E-state index is 12.4. The number of hydrogen-bond donors (Lipinski definition) is 0. The first-order chi connectivity index (χ1) is 5.15. The highest BCUT2D eigenvalue weighted by Crippen LogP contribution is 2.19. The first-order valence-corrected chi connectivity index (χ1v) is 3.63. The van der Waals surface area contributed by atoms with Gasteiger partial charge in [-0.1, -0.05) is 0 Å². The molecule has 0 bridgehead atoms. The Balaban J connectivity index is 2.59. The summed E-state index contributed by atoms with van der Waals surface area (Å²) in [5.41, 5.74) is 0. The van der Waals surface area contributed by atoms with Crippen LogP contribution in [0.4, 0.5) is 4.39 Å². The highest BCUT2D eigenvalue weighted by atomic mass is 32.2. The van der Waals surface area contributed by atoms with Gasteiger partial charge in [-0.25, -0.2) is 17.6 Å². The Morgan fingerprint density at radius 3 is 2.64 bits per heavy atom. The molecule has 0 amide bonds. The molecule has 1 heterocycles. The van der Waals surface area contributed by atoms with Gasteiger partial charge in [0.05, 0.1) is 7.11 Å². The van der Waals surface area contributed by atoms with Gasteiger partial charge in [-0.05, 0) is 0 Å². The quantitative estimate of drug-likeness (QED) is 0.511. The van der Waals surface area contributed by atoms with Crippen LogP contribution in [0, 0.1) is 0 Å². The lowest BCUT2D eigenvalue weighted by atomic mass is 10.4. The molecule has 3 atom stereocenters. The van der Waals surface area contributed by atoms with Gasteiger partial charge in [0.15, 0.2) is 0 Å². The average Bonchev–Trinajstić information content (AvgIpc) is 2.28. The van der Waals surface area contributed by atoms with E-state index in [0.717, 1.165) is 7.11 Å². The molecule has 5 nitrogen and oxygen atoms in total. The minimum absolute atomic E-state index is 0.941. The van der Waals surface area contributed by atoms with Gasteiger partial charge in [0.25, 0.3) is 6.36 Å². The fraction of sp³-hybridized carbons (Fsp3) is 0.750. The van der Waals surface area contributed by atoms with Crippen molar-refractivity contribution in [2.45, 2.75) is 12.5 Å². The van der Waals surface area contributed by atoms with Crippen molar-refractivity contribution in [2.24, 2.45) is 0 Å². The van der Waals surface area contributed by atoms with Gasteiger partial charge in [-0.2, -0.15) is 4.21 Å². The minimum atomic E-state index is -2.18. The molecular weight excluding hydrogens is 179 g/mol. The number of ether oxygens (including phenoxy) is 1. The van der Waals surface area contributed by atoms with Crippen molar-refractivity contribution in [2.75, 3.05) is 7.11 Å². The van der Waals surface area contributed by atoms with Crippen LogP contribution in [0.25, 0.3) is 0 Å². The lowest BCUT2D eigenvalue weighted by molar-refractivity contribution is -0.152. The molecule has 0 radical (unpaired) electrons. The highest BCUT2D eigenvalue weighted by Gasteiger charge is 2.41. The Labute approximate surface area is 64.3 Å². The maximum Gasteiger partial charge on any atom is 0.342 e. The van der Waals surface area contributed by atoms with Crippen LogP contribution in [0.15, 0.2) is 0 Å². The van der Waals surface area contributed by atoms with Crippen molar-refractivity contribution in [3.05, 3.63) is 0 Å². The molecule has 7 heteroatoms. The molecular formula is C4H5FO5S. The maximum absolute atomic E-state index is 12.4. The van der Waals surface area contributed by atoms with Crippen LogP contribution in [0.3, 0.4) is 0 Å². The zero-order valence-electron chi connectivity index (χ0n) is 5.48. The van der Waals surface area contributed by atoms with Gasteiger partial charge in [0.1, 0.15) is 0 Å². The summed E-state index contributed by atoms with van der Waals surface area (Å²) >= 11 is -2.18. The number of carbonyl (C=O) groups excluding carboxylic acids is 1. The lowest BCUT2D eigenvalue weighted by Gasteiger charge is -2.03. The molecule has 64 valence electrons. The highest BCUT2D eigenvalue weighted by molar-refractivity contribution is 7.75. The average molecular weight is 184 g/mol. The predicted octanol–water partition coefficient (Wildman–Crippen LogP) is -0.551. The molecule has 1 fully saturated rings. The fourth-order valence-electron chi connectivity index (χ4n) is 0.539. The van der Waals surface area contributed by atoms with E-state index in [9.17, 15) is 13.4 Å². The van der Waals surface area contributed by atoms with Gasteiger partial charge in [-0.3, -0.25) is 0 Å². The van der Waals surface area contributed by atoms with Crippen molar-refractivity contribution in [3.63, 3.8) is 0 Å². The van der Waals surface area contributed by atoms with E-state index >= 15 is 0 Å². The van der Waals surface area contributed by atoms with Gasteiger partial charge < -0.3 is 4.74 Å². The Kier molecular flexibility index (Phi) is 2.53. The predicted molar refractivity (Wildman–Crippen MR) is 31.0 cm³/mol. The van der Waals surface area contributed by atoms with E-state index in [4.69, 9.17) is 0 Å². The van der Waals surface area contributed by atoms with E-state index in [-0.39, 0.29) is 0 Å². The lowest BCUT2D eigenvalue weighted by Crippen LogP contribution is -2.29. The van der Waals surface area contributed by atoms with Crippen LogP contribution in [0.1, 0.15) is 0 Å². The number of esters is 1.